The average molecular weight is 252 g/mol. The number of nitrogens with zero attached hydrogens (tertiary/aromatic N) is 2. The number of urea groups is 1. The lowest BCUT2D eigenvalue weighted by atomic mass is 9.85. The Morgan fingerprint density at radius 1 is 1.06 bits per heavy atom. The van der Waals surface area contributed by atoms with E-state index in [2.05, 4.69) is 18.7 Å². The van der Waals surface area contributed by atoms with E-state index in [4.69, 9.17) is 0 Å². The van der Waals surface area contributed by atoms with E-state index in [9.17, 15) is 4.79 Å². The van der Waals surface area contributed by atoms with Gasteiger partial charge in [-0.2, -0.15) is 0 Å². The maximum Gasteiger partial charge on any atom is 0.319 e. The second kappa shape index (κ2) is 5.94. The van der Waals surface area contributed by atoms with Crippen LogP contribution in [0, 0.1) is 11.8 Å². The van der Waals surface area contributed by atoms with E-state index >= 15 is 0 Å². The highest BCUT2D eigenvalue weighted by molar-refractivity contribution is 5.74. The number of likely N-dealkylation sites (tertiary alicyclic amines) is 1. The monoisotopic (exact) mass is 252 g/mol. The number of carbonyl (C=O) groups excluding carboxylic acids is 1. The molecule has 0 bridgehead atoms. The summed E-state index contributed by atoms with van der Waals surface area (Å²) in [5.74, 6) is 1.45. The summed E-state index contributed by atoms with van der Waals surface area (Å²) in [5.41, 5.74) is 0. The summed E-state index contributed by atoms with van der Waals surface area (Å²) in [6, 6.07) is 0.728. The third kappa shape index (κ3) is 2.99. The molecule has 0 radical (unpaired) electrons. The van der Waals surface area contributed by atoms with Gasteiger partial charge in [-0.1, -0.05) is 26.7 Å². The molecule has 104 valence electrons. The normalized spacial score (nSPS) is 30.3. The minimum Gasteiger partial charge on any atom is -0.325 e. The highest BCUT2D eigenvalue weighted by atomic mass is 16.2. The summed E-state index contributed by atoms with van der Waals surface area (Å²) < 4.78 is 0. The third-order valence-electron chi connectivity index (χ3n) is 4.92. The van der Waals surface area contributed by atoms with E-state index < -0.39 is 0 Å². The zero-order valence-electron chi connectivity index (χ0n) is 12.2. The van der Waals surface area contributed by atoms with Crippen LogP contribution in [0.3, 0.4) is 0 Å². The van der Waals surface area contributed by atoms with Gasteiger partial charge in [0.25, 0.3) is 0 Å². The van der Waals surface area contributed by atoms with E-state index in [-0.39, 0.29) is 6.03 Å². The molecule has 0 aromatic heterocycles. The number of hydrogen-bond donors (Lipinski definition) is 0. The molecule has 2 amide bonds. The fraction of sp³-hybridized carbons (Fsp3) is 0.933. The van der Waals surface area contributed by atoms with E-state index in [0.717, 1.165) is 19.0 Å². The van der Waals surface area contributed by atoms with Crippen molar-refractivity contribution in [3.63, 3.8) is 0 Å². The molecule has 1 saturated heterocycles. The smallest absolute Gasteiger partial charge is 0.319 e. The van der Waals surface area contributed by atoms with Crippen molar-refractivity contribution in [1.29, 1.82) is 0 Å². The van der Waals surface area contributed by atoms with Gasteiger partial charge in [-0.05, 0) is 37.5 Å². The molecule has 2 atom stereocenters. The summed E-state index contributed by atoms with van der Waals surface area (Å²) in [7, 11) is 2.01. The Labute approximate surface area is 112 Å². The van der Waals surface area contributed by atoms with Crippen LogP contribution in [-0.4, -0.2) is 42.0 Å². The van der Waals surface area contributed by atoms with Gasteiger partial charge in [0.2, 0.25) is 0 Å². The van der Waals surface area contributed by atoms with Gasteiger partial charge in [-0.3, -0.25) is 0 Å². The molecule has 1 saturated carbocycles. The Bertz CT molecular complexity index is 284. The van der Waals surface area contributed by atoms with Crippen LogP contribution in [-0.2, 0) is 0 Å². The summed E-state index contributed by atoms with van der Waals surface area (Å²) in [4.78, 5) is 16.6. The van der Waals surface area contributed by atoms with E-state index in [1.807, 2.05) is 11.9 Å². The molecule has 2 aliphatic rings. The van der Waals surface area contributed by atoms with Crippen molar-refractivity contribution >= 4 is 6.03 Å². The van der Waals surface area contributed by atoms with Crippen LogP contribution >= 0.6 is 0 Å². The van der Waals surface area contributed by atoms with Crippen molar-refractivity contribution in [2.24, 2.45) is 11.8 Å². The standard InChI is InChI=1S/C15H28N2O/c1-12-8-10-17(11-9-12)15(18)16(3)14-7-5-4-6-13(14)2/h12-14H,4-11H2,1-3H3. The average Bonchev–Trinajstić information content (AvgIpc) is 2.38. The van der Waals surface area contributed by atoms with Gasteiger partial charge in [0.15, 0.2) is 0 Å². The first-order chi connectivity index (χ1) is 8.59. The largest absolute Gasteiger partial charge is 0.325 e. The van der Waals surface area contributed by atoms with Gasteiger partial charge in [-0.25, -0.2) is 4.79 Å². The molecular weight excluding hydrogens is 224 g/mol. The number of piperidine rings is 1. The van der Waals surface area contributed by atoms with Gasteiger partial charge in [-0.15, -0.1) is 0 Å². The topological polar surface area (TPSA) is 23.6 Å². The van der Waals surface area contributed by atoms with E-state index in [1.165, 1.54) is 38.5 Å². The number of amides is 2. The molecule has 2 rings (SSSR count). The van der Waals surface area contributed by atoms with Crippen molar-refractivity contribution in [3.8, 4) is 0 Å². The molecule has 0 aromatic carbocycles. The highest BCUT2D eigenvalue weighted by Gasteiger charge is 2.31. The van der Waals surface area contributed by atoms with E-state index in [1.54, 1.807) is 0 Å². The minimum atomic E-state index is 0.264. The van der Waals surface area contributed by atoms with Crippen LogP contribution in [0.25, 0.3) is 0 Å². The first-order valence-corrected chi connectivity index (χ1v) is 7.61. The maximum atomic E-state index is 12.5. The van der Waals surface area contributed by atoms with Crippen molar-refractivity contribution in [1.82, 2.24) is 9.80 Å². The molecule has 1 aliphatic carbocycles. The molecule has 0 N–H and O–H groups in total. The van der Waals surface area contributed by atoms with Crippen LogP contribution in [0.2, 0.25) is 0 Å². The third-order valence-corrected chi connectivity index (χ3v) is 4.92. The molecule has 2 fully saturated rings. The molecule has 1 aliphatic heterocycles. The zero-order chi connectivity index (χ0) is 13.1. The summed E-state index contributed by atoms with van der Waals surface area (Å²) in [5, 5.41) is 0. The summed E-state index contributed by atoms with van der Waals surface area (Å²) in [6.45, 7) is 6.48. The van der Waals surface area contributed by atoms with Gasteiger partial charge in [0.1, 0.15) is 0 Å². The summed E-state index contributed by atoms with van der Waals surface area (Å²) in [6.07, 6.45) is 7.41. The molecular formula is C15H28N2O. The molecule has 3 heteroatoms. The predicted octanol–water partition coefficient (Wildman–Crippen LogP) is 3.35. The molecule has 1 heterocycles. The summed E-state index contributed by atoms with van der Waals surface area (Å²) >= 11 is 0. The number of hydrogen-bond acceptors (Lipinski definition) is 1. The number of rotatable bonds is 1. The van der Waals surface area contributed by atoms with Crippen molar-refractivity contribution in [3.05, 3.63) is 0 Å². The van der Waals surface area contributed by atoms with Gasteiger partial charge in [0.05, 0.1) is 0 Å². The van der Waals surface area contributed by atoms with Crippen LogP contribution in [0.1, 0.15) is 52.4 Å². The lowest BCUT2D eigenvalue weighted by Gasteiger charge is -2.40. The fourth-order valence-corrected chi connectivity index (χ4v) is 3.44. The van der Waals surface area contributed by atoms with E-state index in [0.29, 0.717) is 12.0 Å². The number of carbonyl (C=O) groups is 1. The molecule has 2 unspecified atom stereocenters. The molecule has 0 aromatic rings. The quantitative estimate of drug-likeness (QED) is 0.702. The Kier molecular flexibility index (Phi) is 4.52. The minimum absolute atomic E-state index is 0.264. The Morgan fingerprint density at radius 3 is 2.28 bits per heavy atom. The van der Waals surface area contributed by atoms with Gasteiger partial charge < -0.3 is 9.80 Å². The van der Waals surface area contributed by atoms with Crippen molar-refractivity contribution < 1.29 is 4.79 Å². The lowest BCUT2D eigenvalue weighted by Crippen LogP contribution is -2.50. The molecule has 18 heavy (non-hydrogen) atoms. The predicted molar refractivity (Wildman–Crippen MR) is 74.6 cm³/mol. The Morgan fingerprint density at radius 2 is 1.67 bits per heavy atom. The molecule has 3 nitrogen and oxygen atoms in total. The van der Waals surface area contributed by atoms with Crippen LogP contribution in [0.5, 0.6) is 0 Å². The van der Waals surface area contributed by atoms with Gasteiger partial charge >= 0.3 is 6.03 Å². The lowest BCUT2D eigenvalue weighted by molar-refractivity contribution is 0.103. The second-order valence-corrected chi connectivity index (χ2v) is 6.39. The fourth-order valence-electron chi connectivity index (χ4n) is 3.44. The van der Waals surface area contributed by atoms with Crippen LogP contribution in [0.4, 0.5) is 4.79 Å². The Balaban J connectivity index is 1.91. The van der Waals surface area contributed by atoms with Crippen molar-refractivity contribution in [2.45, 2.75) is 58.4 Å². The van der Waals surface area contributed by atoms with Gasteiger partial charge in [0, 0.05) is 26.2 Å². The first-order valence-electron chi connectivity index (χ1n) is 7.61. The SMILES string of the molecule is CC1CCN(C(=O)N(C)C2CCCCC2C)CC1. The van der Waals surface area contributed by atoms with Crippen LogP contribution in [0.15, 0.2) is 0 Å². The Hall–Kier alpha value is -0.730. The zero-order valence-corrected chi connectivity index (χ0v) is 12.2. The second-order valence-electron chi connectivity index (χ2n) is 6.39. The molecule has 0 spiro atoms. The van der Waals surface area contributed by atoms with Crippen molar-refractivity contribution in [2.75, 3.05) is 20.1 Å². The highest BCUT2D eigenvalue weighted by Crippen LogP contribution is 2.28. The van der Waals surface area contributed by atoms with Crippen LogP contribution < -0.4 is 0 Å². The first kappa shape index (κ1) is 13.7. The maximum absolute atomic E-state index is 12.5.